The molecule has 1 aliphatic rings. The van der Waals surface area contributed by atoms with E-state index in [1.807, 2.05) is 0 Å². The van der Waals surface area contributed by atoms with Gasteiger partial charge in [-0.1, -0.05) is 15.9 Å². The maximum atomic E-state index is 10.9. The summed E-state index contributed by atoms with van der Waals surface area (Å²) in [4.78, 5) is 10.5. The van der Waals surface area contributed by atoms with Crippen molar-refractivity contribution in [2.75, 3.05) is 19.7 Å². The van der Waals surface area contributed by atoms with Crippen molar-refractivity contribution in [1.82, 2.24) is 5.32 Å². The number of hydrogen-bond donors (Lipinski definition) is 1. The van der Waals surface area contributed by atoms with Crippen LogP contribution >= 0.6 is 15.9 Å². The number of nitro groups is 1. The number of benzene rings is 1. The highest BCUT2D eigenvalue weighted by Gasteiger charge is 2.18. The fourth-order valence-electron chi connectivity index (χ4n) is 2.03. The molecule has 1 aliphatic heterocycles. The van der Waals surface area contributed by atoms with E-state index in [0.717, 1.165) is 25.9 Å². The summed E-state index contributed by atoms with van der Waals surface area (Å²) >= 11 is 3.22. The van der Waals surface area contributed by atoms with Crippen LogP contribution in [0.3, 0.4) is 0 Å². The zero-order valence-electron chi connectivity index (χ0n) is 9.89. The highest BCUT2D eigenvalue weighted by Crippen LogP contribution is 2.30. The zero-order valence-corrected chi connectivity index (χ0v) is 11.5. The molecule has 0 radical (unpaired) electrons. The second-order valence-corrected chi connectivity index (χ2v) is 5.31. The molecule has 0 saturated carbocycles. The Kier molecular flexibility index (Phi) is 4.54. The Morgan fingerprint density at radius 3 is 3.06 bits per heavy atom. The van der Waals surface area contributed by atoms with Crippen molar-refractivity contribution in [2.45, 2.75) is 12.8 Å². The van der Waals surface area contributed by atoms with Crippen LogP contribution < -0.4 is 10.1 Å². The van der Waals surface area contributed by atoms with Gasteiger partial charge in [0.05, 0.1) is 11.5 Å². The van der Waals surface area contributed by atoms with Crippen LogP contribution in [0.4, 0.5) is 5.69 Å². The van der Waals surface area contributed by atoms with Crippen molar-refractivity contribution in [3.8, 4) is 5.75 Å². The van der Waals surface area contributed by atoms with Crippen molar-refractivity contribution in [1.29, 1.82) is 0 Å². The molecule has 0 spiro atoms. The lowest BCUT2D eigenvalue weighted by atomic mass is 10.0. The number of halogens is 1. The van der Waals surface area contributed by atoms with Gasteiger partial charge in [0.2, 0.25) is 0 Å². The van der Waals surface area contributed by atoms with E-state index >= 15 is 0 Å². The molecule has 0 bridgehead atoms. The van der Waals surface area contributed by atoms with Crippen molar-refractivity contribution in [2.24, 2.45) is 5.92 Å². The Labute approximate surface area is 114 Å². The SMILES string of the molecule is O=[N+]([O-])c1cc(Br)ccc1OC[C@H]1CCCNC1. The number of ether oxygens (including phenoxy) is 1. The van der Waals surface area contributed by atoms with Gasteiger partial charge in [0.15, 0.2) is 5.75 Å². The summed E-state index contributed by atoms with van der Waals surface area (Å²) < 4.78 is 6.27. The van der Waals surface area contributed by atoms with E-state index in [-0.39, 0.29) is 5.69 Å². The molecule has 1 saturated heterocycles. The minimum absolute atomic E-state index is 0.00754. The monoisotopic (exact) mass is 314 g/mol. The van der Waals surface area contributed by atoms with Gasteiger partial charge >= 0.3 is 5.69 Å². The van der Waals surface area contributed by atoms with E-state index in [1.165, 1.54) is 6.07 Å². The normalized spacial score (nSPS) is 19.5. The van der Waals surface area contributed by atoms with Crippen molar-refractivity contribution < 1.29 is 9.66 Å². The maximum Gasteiger partial charge on any atom is 0.312 e. The summed E-state index contributed by atoms with van der Waals surface area (Å²) in [6, 6.07) is 4.86. The predicted octanol–water partition coefficient (Wildman–Crippen LogP) is 2.74. The van der Waals surface area contributed by atoms with Gasteiger partial charge in [-0.3, -0.25) is 10.1 Å². The zero-order chi connectivity index (χ0) is 13.0. The van der Waals surface area contributed by atoms with Gasteiger partial charge in [0, 0.05) is 23.0 Å². The van der Waals surface area contributed by atoms with E-state index in [1.54, 1.807) is 12.1 Å². The fourth-order valence-corrected chi connectivity index (χ4v) is 2.38. The lowest BCUT2D eigenvalue weighted by Gasteiger charge is -2.22. The van der Waals surface area contributed by atoms with Gasteiger partial charge in [-0.25, -0.2) is 0 Å². The Morgan fingerprint density at radius 1 is 1.56 bits per heavy atom. The number of hydrogen-bond acceptors (Lipinski definition) is 4. The van der Waals surface area contributed by atoms with Crippen LogP contribution in [-0.4, -0.2) is 24.6 Å². The van der Waals surface area contributed by atoms with Crippen molar-refractivity contribution in [3.05, 3.63) is 32.8 Å². The summed E-state index contributed by atoms with van der Waals surface area (Å²) in [7, 11) is 0. The van der Waals surface area contributed by atoms with Crippen LogP contribution in [0.1, 0.15) is 12.8 Å². The molecule has 0 aromatic heterocycles. The van der Waals surface area contributed by atoms with Gasteiger partial charge < -0.3 is 10.1 Å². The van der Waals surface area contributed by atoms with Gasteiger partial charge in [-0.05, 0) is 31.5 Å². The quantitative estimate of drug-likeness (QED) is 0.685. The molecule has 0 aliphatic carbocycles. The smallest absolute Gasteiger partial charge is 0.312 e. The largest absolute Gasteiger partial charge is 0.486 e. The molecular weight excluding hydrogens is 300 g/mol. The number of nitrogens with one attached hydrogen (secondary N) is 1. The molecule has 2 rings (SSSR count). The standard InChI is InChI=1S/C12H15BrN2O3/c13-10-3-4-12(11(6-10)15(16)17)18-8-9-2-1-5-14-7-9/h3-4,6,9,14H,1-2,5,7-8H2/t9-/m0/s1. The third kappa shape index (κ3) is 3.43. The first kappa shape index (κ1) is 13.3. The van der Waals surface area contributed by atoms with Crippen LogP contribution in [0.2, 0.25) is 0 Å². The highest BCUT2D eigenvalue weighted by atomic mass is 79.9. The molecule has 0 amide bonds. The van der Waals surface area contributed by atoms with E-state index in [4.69, 9.17) is 4.74 Å². The van der Waals surface area contributed by atoms with Crippen LogP contribution in [0.25, 0.3) is 0 Å². The van der Waals surface area contributed by atoms with E-state index in [2.05, 4.69) is 21.2 Å². The molecule has 98 valence electrons. The summed E-state index contributed by atoms with van der Waals surface area (Å²) in [6.07, 6.45) is 2.24. The molecule has 0 unspecified atom stereocenters. The Hall–Kier alpha value is -1.14. The molecule has 1 heterocycles. The number of piperidine rings is 1. The van der Waals surface area contributed by atoms with Crippen molar-refractivity contribution in [3.63, 3.8) is 0 Å². The van der Waals surface area contributed by atoms with Crippen LogP contribution in [0.15, 0.2) is 22.7 Å². The first-order valence-corrected chi connectivity index (χ1v) is 6.73. The van der Waals surface area contributed by atoms with Crippen LogP contribution in [0.5, 0.6) is 5.75 Å². The minimum Gasteiger partial charge on any atom is -0.486 e. The molecule has 6 heteroatoms. The summed E-state index contributed by atoms with van der Waals surface area (Å²) in [5, 5.41) is 14.2. The second kappa shape index (κ2) is 6.15. The fraction of sp³-hybridized carbons (Fsp3) is 0.500. The molecule has 5 nitrogen and oxygen atoms in total. The number of nitro benzene ring substituents is 1. The minimum atomic E-state index is -0.417. The first-order chi connectivity index (χ1) is 8.66. The lowest BCUT2D eigenvalue weighted by molar-refractivity contribution is -0.386. The van der Waals surface area contributed by atoms with Crippen molar-refractivity contribution >= 4 is 21.6 Å². The highest BCUT2D eigenvalue weighted by molar-refractivity contribution is 9.10. The maximum absolute atomic E-state index is 10.9. The average Bonchev–Trinajstić information content (AvgIpc) is 2.38. The lowest BCUT2D eigenvalue weighted by Crippen LogP contribution is -2.33. The molecule has 1 aromatic rings. The number of nitrogens with zero attached hydrogens (tertiary/aromatic N) is 1. The average molecular weight is 315 g/mol. The summed E-state index contributed by atoms with van der Waals surface area (Å²) in [5.74, 6) is 0.774. The van der Waals surface area contributed by atoms with Crippen LogP contribution in [-0.2, 0) is 0 Å². The second-order valence-electron chi connectivity index (χ2n) is 4.39. The number of rotatable bonds is 4. The van der Waals surface area contributed by atoms with Gasteiger partial charge in [0.1, 0.15) is 0 Å². The molecular formula is C12H15BrN2O3. The molecule has 1 N–H and O–H groups in total. The summed E-state index contributed by atoms with van der Waals surface area (Å²) in [5.41, 5.74) is 0.00754. The van der Waals surface area contributed by atoms with E-state index in [0.29, 0.717) is 22.7 Å². The first-order valence-electron chi connectivity index (χ1n) is 5.94. The van der Waals surface area contributed by atoms with Gasteiger partial charge in [0.25, 0.3) is 0 Å². The molecule has 1 aromatic carbocycles. The topological polar surface area (TPSA) is 64.4 Å². The van der Waals surface area contributed by atoms with E-state index < -0.39 is 4.92 Å². The third-order valence-electron chi connectivity index (χ3n) is 2.99. The van der Waals surface area contributed by atoms with Crippen LogP contribution in [0, 0.1) is 16.0 Å². The van der Waals surface area contributed by atoms with E-state index in [9.17, 15) is 10.1 Å². The molecule has 18 heavy (non-hydrogen) atoms. The Morgan fingerprint density at radius 2 is 2.39 bits per heavy atom. The Bertz CT molecular complexity index is 433. The molecule has 1 fully saturated rings. The summed E-state index contributed by atoms with van der Waals surface area (Å²) in [6.45, 7) is 2.49. The van der Waals surface area contributed by atoms with Gasteiger partial charge in [-0.15, -0.1) is 0 Å². The van der Waals surface area contributed by atoms with Gasteiger partial charge in [-0.2, -0.15) is 0 Å². The third-order valence-corrected chi connectivity index (χ3v) is 3.48. The predicted molar refractivity (Wildman–Crippen MR) is 71.9 cm³/mol. The molecule has 1 atom stereocenters. The Balaban J connectivity index is 2.01.